The Hall–Kier alpha value is -1.69. The minimum atomic E-state index is -1.07. The molecule has 2 aromatic rings. The van der Waals surface area contributed by atoms with Crippen molar-refractivity contribution in [2.75, 3.05) is 0 Å². The average Bonchev–Trinajstić information content (AvgIpc) is 2.78. The van der Waals surface area contributed by atoms with Crippen molar-refractivity contribution in [1.29, 1.82) is 0 Å². The normalized spacial score (nSPS) is 12.4. The summed E-state index contributed by atoms with van der Waals surface area (Å²) in [5, 5.41) is 16.2. The maximum atomic E-state index is 10.7. The van der Waals surface area contributed by atoms with Gasteiger partial charge in [0.25, 0.3) is 0 Å². The molecule has 1 N–H and O–H groups in total. The topological polar surface area (TPSA) is 68.0 Å². The maximum absolute atomic E-state index is 10.7. The third-order valence-corrected chi connectivity index (χ3v) is 3.01. The molecule has 1 atom stereocenters. The van der Waals surface area contributed by atoms with Gasteiger partial charge in [0.1, 0.15) is 0 Å². The molecule has 1 heterocycles. The summed E-state index contributed by atoms with van der Waals surface area (Å²) in [6, 6.07) is 7.72. The summed E-state index contributed by atoms with van der Waals surface area (Å²) in [5.74, 6) is -1.07. The quantitative estimate of drug-likeness (QED) is 0.944. The van der Waals surface area contributed by atoms with Gasteiger partial charge in [-0.3, -0.25) is 0 Å². The number of benzene rings is 1. The van der Waals surface area contributed by atoms with Crippen molar-refractivity contribution in [1.82, 2.24) is 15.0 Å². The summed E-state index contributed by atoms with van der Waals surface area (Å²) >= 11 is 3.36. The van der Waals surface area contributed by atoms with Gasteiger partial charge in [-0.1, -0.05) is 33.3 Å². The first-order chi connectivity index (χ1) is 8.08. The van der Waals surface area contributed by atoms with E-state index in [4.69, 9.17) is 5.11 Å². The molecule has 0 unspecified atom stereocenters. The lowest BCUT2D eigenvalue weighted by Gasteiger charge is -2.11. The zero-order valence-electron chi connectivity index (χ0n) is 9.04. The van der Waals surface area contributed by atoms with E-state index in [2.05, 4.69) is 26.2 Å². The van der Waals surface area contributed by atoms with Gasteiger partial charge in [-0.2, -0.15) is 0 Å². The Morgan fingerprint density at radius 1 is 1.41 bits per heavy atom. The zero-order valence-corrected chi connectivity index (χ0v) is 10.6. The van der Waals surface area contributed by atoms with E-state index in [1.165, 1.54) is 10.9 Å². The lowest BCUT2D eigenvalue weighted by molar-refractivity contribution is 0.0690. The van der Waals surface area contributed by atoms with E-state index in [1.54, 1.807) is 0 Å². The fourth-order valence-corrected chi connectivity index (χ4v) is 1.72. The second-order valence-electron chi connectivity index (χ2n) is 3.62. The zero-order chi connectivity index (χ0) is 12.4. The Kier molecular flexibility index (Phi) is 3.23. The Morgan fingerprint density at radius 3 is 2.59 bits per heavy atom. The van der Waals surface area contributed by atoms with Crippen molar-refractivity contribution < 1.29 is 9.90 Å². The molecule has 17 heavy (non-hydrogen) atoms. The number of aromatic carboxylic acids is 1. The summed E-state index contributed by atoms with van der Waals surface area (Å²) in [6.07, 6.45) is 1.43. The molecular weight excluding hydrogens is 286 g/mol. The van der Waals surface area contributed by atoms with Gasteiger partial charge in [-0.25, -0.2) is 9.48 Å². The summed E-state index contributed by atoms with van der Waals surface area (Å²) < 4.78 is 2.53. The summed E-state index contributed by atoms with van der Waals surface area (Å²) in [5.41, 5.74) is 0.990. The molecule has 0 radical (unpaired) electrons. The molecule has 0 saturated carbocycles. The van der Waals surface area contributed by atoms with Crippen molar-refractivity contribution in [3.8, 4) is 0 Å². The van der Waals surface area contributed by atoms with Gasteiger partial charge in [0.15, 0.2) is 5.69 Å². The predicted octanol–water partition coefficient (Wildman–Crippen LogP) is 2.35. The van der Waals surface area contributed by atoms with Crippen LogP contribution in [0.2, 0.25) is 0 Å². The van der Waals surface area contributed by atoms with E-state index in [1.807, 2.05) is 31.2 Å². The molecule has 0 aliphatic carbocycles. The van der Waals surface area contributed by atoms with Crippen LogP contribution in [0.25, 0.3) is 0 Å². The van der Waals surface area contributed by atoms with Gasteiger partial charge in [0.2, 0.25) is 0 Å². The number of carboxylic acids is 1. The number of aromatic nitrogens is 3. The molecule has 6 heteroatoms. The number of carbonyl (C=O) groups is 1. The van der Waals surface area contributed by atoms with Crippen molar-refractivity contribution in [3.63, 3.8) is 0 Å². The van der Waals surface area contributed by atoms with Crippen LogP contribution in [0, 0.1) is 0 Å². The van der Waals surface area contributed by atoms with Crippen LogP contribution in [0.5, 0.6) is 0 Å². The second kappa shape index (κ2) is 4.67. The molecule has 0 saturated heterocycles. The van der Waals surface area contributed by atoms with Crippen LogP contribution < -0.4 is 0 Å². The van der Waals surface area contributed by atoms with E-state index in [9.17, 15) is 4.79 Å². The molecule has 0 spiro atoms. The summed E-state index contributed by atoms with van der Waals surface area (Å²) in [6.45, 7) is 1.93. The highest BCUT2D eigenvalue weighted by molar-refractivity contribution is 9.10. The SMILES string of the molecule is C[C@H](c1ccc(Br)cc1)n1cc(C(=O)O)nn1. The average molecular weight is 296 g/mol. The number of nitrogens with zero attached hydrogens (tertiary/aromatic N) is 3. The maximum Gasteiger partial charge on any atom is 0.358 e. The van der Waals surface area contributed by atoms with Gasteiger partial charge in [-0.15, -0.1) is 5.10 Å². The van der Waals surface area contributed by atoms with Gasteiger partial charge in [0.05, 0.1) is 12.2 Å². The minimum Gasteiger partial charge on any atom is -0.476 e. The monoisotopic (exact) mass is 295 g/mol. The highest BCUT2D eigenvalue weighted by Gasteiger charge is 2.13. The Balaban J connectivity index is 2.27. The van der Waals surface area contributed by atoms with Crippen LogP contribution in [0.1, 0.15) is 29.0 Å². The van der Waals surface area contributed by atoms with Crippen molar-refractivity contribution >= 4 is 21.9 Å². The van der Waals surface area contributed by atoms with Gasteiger partial charge >= 0.3 is 5.97 Å². The number of carboxylic acid groups (broad SMARTS) is 1. The third kappa shape index (κ3) is 2.52. The standard InChI is InChI=1S/C11H10BrN3O2/c1-7(8-2-4-9(12)5-3-8)15-6-10(11(16)17)13-14-15/h2-7H,1H3,(H,16,17)/t7-/m1/s1. The van der Waals surface area contributed by atoms with Crippen molar-refractivity contribution in [2.24, 2.45) is 0 Å². The Labute approximate surface area is 106 Å². The largest absolute Gasteiger partial charge is 0.476 e. The van der Waals surface area contributed by atoms with E-state index in [0.29, 0.717) is 0 Å². The van der Waals surface area contributed by atoms with Crippen LogP contribution >= 0.6 is 15.9 Å². The number of hydrogen-bond acceptors (Lipinski definition) is 3. The molecule has 5 nitrogen and oxygen atoms in total. The molecule has 2 rings (SSSR count). The lowest BCUT2D eigenvalue weighted by Crippen LogP contribution is -2.07. The number of rotatable bonds is 3. The van der Waals surface area contributed by atoms with E-state index < -0.39 is 5.97 Å². The molecular formula is C11H10BrN3O2. The van der Waals surface area contributed by atoms with Gasteiger partial charge in [0, 0.05) is 4.47 Å². The fourth-order valence-electron chi connectivity index (χ4n) is 1.46. The van der Waals surface area contributed by atoms with E-state index in [0.717, 1.165) is 10.0 Å². The molecule has 1 aromatic heterocycles. The van der Waals surface area contributed by atoms with Crippen LogP contribution in [0.15, 0.2) is 34.9 Å². The first-order valence-electron chi connectivity index (χ1n) is 4.98. The van der Waals surface area contributed by atoms with Crippen LogP contribution in [-0.2, 0) is 0 Å². The van der Waals surface area contributed by atoms with Crippen molar-refractivity contribution in [3.05, 3.63) is 46.2 Å². The van der Waals surface area contributed by atoms with E-state index >= 15 is 0 Å². The summed E-state index contributed by atoms with van der Waals surface area (Å²) in [7, 11) is 0. The van der Waals surface area contributed by atoms with Crippen molar-refractivity contribution in [2.45, 2.75) is 13.0 Å². The minimum absolute atomic E-state index is 0.0473. The molecule has 0 amide bonds. The van der Waals surface area contributed by atoms with Gasteiger partial charge in [-0.05, 0) is 24.6 Å². The third-order valence-electron chi connectivity index (χ3n) is 2.48. The Bertz CT molecular complexity index is 536. The number of hydrogen-bond donors (Lipinski definition) is 1. The predicted molar refractivity (Wildman–Crippen MR) is 64.9 cm³/mol. The van der Waals surface area contributed by atoms with E-state index in [-0.39, 0.29) is 11.7 Å². The lowest BCUT2D eigenvalue weighted by atomic mass is 10.1. The summed E-state index contributed by atoms with van der Waals surface area (Å²) in [4.78, 5) is 10.7. The fraction of sp³-hybridized carbons (Fsp3) is 0.182. The van der Waals surface area contributed by atoms with Crippen LogP contribution in [-0.4, -0.2) is 26.1 Å². The smallest absolute Gasteiger partial charge is 0.358 e. The molecule has 88 valence electrons. The first-order valence-corrected chi connectivity index (χ1v) is 5.78. The highest BCUT2D eigenvalue weighted by Crippen LogP contribution is 2.19. The molecule has 0 aliphatic heterocycles. The molecule has 0 bridgehead atoms. The molecule has 0 fully saturated rings. The highest BCUT2D eigenvalue weighted by atomic mass is 79.9. The first kappa shape index (κ1) is 11.8. The van der Waals surface area contributed by atoms with Crippen LogP contribution in [0.4, 0.5) is 0 Å². The number of halogens is 1. The van der Waals surface area contributed by atoms with Gasteiger partial charge < -0.3 is 5.11 Å². The molecule has 0 aliphatic rings. The molecule has 1 aromatic carbocycles. The Morgan fingerprint density at radius 2 is 2.06 bits per heavy atom. The second-order valence-corrected chi connectivity index (χ2v) is 4.53. The van der Waals surface area contributed by atoms with Crippen LogP contribution in [0.3, 0.4) is 0 Å².